The maximum Gasteiger partial charge on any atom is 0.268 e. The van der Waals surface area contributed by atoms with E-state index in [-0.39, 0.29) is 11.9 Å². The Morgan fingerprint density at radius 1 is 1.36 bits per heavy atom. The molecule has 0 saturated heterocycles. The molecule has 3 rings (SSSR count). The van der Waals surface area contributed by atoms with Crippen LogP contribution in [0.5, 0.6) is 0 Å². The van der Waals surface area contributed by atoms with Crippen LogP contribution in [0.3, 0.4) is 0 Å². The van der Waals surface area contributed by atoms with Crippen LogP contribution in [-0.4, -0.2) is 20.7 Å². The Morgan fingerprint density at radius 3 is 2.72 bits per heavy atom. The van der Waals surface area contributed by atoms with Crippen LogP contribution in [-0.2, 0) is 6.54 Å². The van der Waals surface area contributed by atoms with Crippen LogP contribution < -0.4 is 5.32 Å². The lowest BCUT2D eigenvalue weighted by molar-refractivity contribution is 0.0931. The number of hydrogen-bond donors (Lipinski definition) is 2. The Hall–Kier alpha value is -2.27. The van der Waals surface area contributed by atoms with Gasteiger partial charge in [0.15, 0.2) is 0 Å². The van der Waals surface area contributed by atoms with Crippen LogP contribution in [0.4, 0.5) is 0 Å². The number of benzene rings is 1. The number of fused-ring (bicyclic) bond motifs is 1. The number of nitrogens with one attached hydrogen (secondary N) is 2. The van der Waals surface area contributed by atoms with Gasteiger partial charge < -0.3 is 10.3 Å². The molecule has 2 N–H and O–H groups in total. The van der Waals surface area contributed by atoms with Gasteiger partial charge in [0, 0.05) is 33.7 Å². The summed E-state index contributed by atoms with van der Waals surface area (Å²) in [5.74, 6) is -0.137. The lowest BCUT2D eigenvalue weighted by Crippen LogP contribution is -2.29. The molecule has 132 valence electrons. The number of carbonyl (C=O) groups excluding carboxylic acids is 1. The lowest BCUT2D eigenvalue weighted by Gasteiger charge is -2.17. The minimum atomic E-state index is -0.137. The number of carbonyl (C=O) groups is 1. The van der Waals surface area contributed by atoms with E-state index in [1.54, 1.807) is 6.07 Å². The molecule has 0 aliphatic carbocycles. The highest BCUT2D eigenvalue weighted by atomic mass is 35.5. The molecular formula is C19H23ClN4O. The largest absolute Gasteiger partial charge is 0.350 e. The van der Waals surface area contributed by atoms with Gasteiger partial charge in [0.25, 0.3) is 5.91 Å². The summed E-state index contributed by atoms with van der Waals surface area (Å²) in [6, 6.07) is 7.32. The van der Waals surface area contributed by atoms with Crippen LogP contribution >= 0.6 is 11.6 Å². The topological polar surface area (TPSA) is 62.7 Å². The third-order valence-electron chi connectivity index (χ3n) is 4.65. The van der Waals surface area contributed by atoms with Crippen LogP contribution in [0.15, 0.2) is 24.3 Å². The van der Waals surface area contributed by atoms with Gasteiger partial charge in [-0.25, -0.2) is 0 Å². The maximum atomic E-state index is 12.8. The molecule has 1 amide bonds. The van der Waals surface area contributed by atoms with E-state index in [1.807, 2.05) is 29.8 Å². The van der Waals surface area contributed by atoms with Crippen molar-refractivity contribution in [2.45, 2.75) is 46.7 Å². The maximum absolute atomic E-state index is 12.8. The Morgan fingerprint density at radius 2 is 2.12 bits per heavy atom. The SMILES string of the molecule is CCC(NC(=O)c1cc2c(Cl)cccc2[nH]1)c1c(C)nn(CC)c1C. The Labute approximate surface area is 152 Å². The molecule has 25 heavy (non-hydrogen) atoms. The van der Waals surface area contributed by atoms with Crippen molar-refractivity contribution in [3.8, 4) is 0 Å². The molecule has 2 aromatic heterocycles. The Kier molecular flexibility index (Phi) is 4.86. The molecule has 0 spiro atoms. The molecule has 0 aliphatic heterocycles. The zero-order chi connectivity index (χ0) is 18.1. The first-order chi connectivity index (χ1) is 12.0. The minimum Gasteiger partial charge on any atom is -0.350 e. The van der Waals surface area contributed by atoms with Crippen LogP contribution in [0.25, 0.3) is 10.9 Å². The highest BCUT2D eigenvalue weighted by Crippen LogP contribution is 2.26. The highest BCUT2D eigenvalue weighted by Gasteiger charge is 2.22. The van der Waals surface area contributed by atoms with Crippen molar-refractivity contribution in [2.24, 2.45) is 0 Å². The summed E-state index contributed by atoms with van der Waals surface area (Å²) in [4.78, 5) is 15.9. The van der Waals surface area contributed by atoms with Crippen LogP contribution in [0.2, 0.25) is 5.02 Å². The number of aromatic nitrogens is 3. The highest BCUT2D eigenvalue weighted by molar-refractivity contribution is 6.35. The van der Waals surface area contributed by atoms with Crippen molar-refractivity contribution < 1.29 is 4.79 Å². The normalized spacial score (nSPS) is 12.5. The van der Waals surface area contributed by atoms with Gasteiger partial charge in [-0.05, 0) is 45.4 Å². The van der Waals surface area contributed by atoms with E-state index in [0.29, 0.717) is 10.7 Å². The first-order valence-corrected chi connectivity index (χ1v) is 8.96. The second kappa shape index (κ2) is 6.92. The molecule has 3 aromatic rings. The molecule has 0 fully saturated rings. The summed E-state index contributed by atoms with van der Waals surface area (Å²) in [6.07, 6.45) is 0.795. The fourth-order valence-corrected chi connectivity index (χ4v) is 3.61. The fourth-order valence-electron chi connectivity index (χ4n) is 3.38. The van der Waals surface area contributed by atoms with Crippen molar-refractivity contribution in [2.75, 3.05) is 0 Å². The zero-order valence-electron chi connectivity index (χ0n) is 15.0. The average Bonchev–Trinajstić information content (AvgIpc) is 3.15. The van der Waals surface area contributed by atoms with Crippen molar-refractivity contribution in [1.29, 1.82) is 0 Å². The van der Waals surface area contributed by atoms with Gasteiger partial charge in [0.1, 0.15) is 5.69 Å². The molecule has 0 radical (unpaired) electrons. The molecule has 1 aromatic carbocycles. The number of rotatable bonds is 5. The molecule has 0 bridgehead atoms. The van der Waals surface area contributed by atoms with E-state index >= 15 is 0 Å². The van der Waals surface area contributed by atoms with Gasteiger partial charge in [-0.1, -0.05) is 24.6 Å². The zero-order valence-corrected chi connectivity index (χ0v) is 15.7. The van der Waals surface area contributed by atoms with Crippen LogP contribution in [0.1, 0.15) is 53.7 Å². The van der Waals surface area contributed by atoms with Crippen molar-refractivity contribution >= 4 is 28.4 Å². The van der Waals surface area contributed by atoms with Gasteiger partial charge in [0.05, 0.1) is 11.7 Å². The Bertz CT molecular complexity index is 925. The van der Waals surface area contributed by atoms with E-state index < -0.39 is 0 Å². The number of aromatic amines is 1. The van der Waals surface area contributed by atoms with E-state index in [1.165, 1.54) is 0 Å². The number of nitrogens with zero attached hydrogens (tertiary/aromatic N) is 2. The Balaban J connectivity index is 1.89. The molecule has 1 atom stereocenters. The van der Waals surface area contributed by atoms with E-state index in [9.17, 15) is 4.79 Å². The van der Waals surface area contributed by atoms with Gasteiger partial charge in [-0.15, -0.1) is 0 Å². The fraction of sp³-hybridized carbons (Fsp3) is 0.368. The molecule has 2 heterocycles. The number of hydrogen-bond acceptors (Lipinski definition) is 2. The van der Waals surface area contributed by atoms with Gasteiger partial charge in [-0.3, -0.25) is 9.48 Å². The predicted octanol–water partition coefficient (Wildman–Crippen LogP) is 4.54. The molecule has 6 heteroatoms. The monoisotopic (exact) mass is 358 g/mol. The van der Waals surface area contributed by atoms with Gasteiger partial charge in [0.2, 0.25) is 0 Å². The van der Waals surface area contributed by atoms with Crippen molar-refractivity contribution in [3.63, 3.8) is 0 Å². The van der Waals surface area contributed by atoms with Crippen LogP contribution in [0, 0.1) is 13.8 Å². The molecule has 0 saturated carbocycles. The number of aryl methyl sites for hydroxylation is 2. The summed E-state index contributed by atoms with van der Waals surface area (Å²) in [5, 5.41) is 9.19. The summed E-state index contributed by atoms with van der Waals surface area (Å²) >= 11 is 6.20. The summed E-state index contributed by atoms with van der Waals surface area (Å²) in [7, 11) is 0. The van der Waals surface area contributed by atoms with E-state index in [0.717, 1.165) is 40.8 Å². The summed E-state index contributed by atoms with van der Waals surface area (Å²) in [6.45, 7) is 8.99. The number of halogens is 1. The second-order valence-corrected chi connectivity index (χ2v) is 6.63. The first kappa shape index (κ1) is 17.5. The smallest absolute Gasteiger partial charge is 0.268 e. The number of amides is 1. The van der Waals surface area contributed by atoms with Crippen molar-refractivity contribution in [1.82, 2.24) is 20.1 Å². The third kappa shape index (κ3) is 3.16. The molecule has 1 unspecified atom stereocenters. The quantitative estimate of drug-likeness (QED) is 0.703. The first-order valence-electron chi connectivity index (χ1n) is 8.58. The molecular weight excluding hydrogens is 336 g/mol. The summed E-state index contributed by atoms with van der Waals surface area (Å²) in [5.41, 5.74) is 4.54. The predicted molar refractivity (Wildman–Crippen MR) is 101 cm³/mol. The standard InChI is InChI=1S/C19H23ClN4O/c1-5-15(18-11(3)23-24(6-2)12(18)4)22-19(25)17-10-13-14(20)8-7-9-16(13)21-17/h7-10,15,21H,5-6H2,1-4H3,(H,22,25). The van der Waals surface area contributed by atoms with E-state index in [4.69, 9.17) is 11.6 Å². The van der Waals surface area contributed by atoms with Gasteiger partial charge in [-0.2, -0.15) is 5.10 Å². The molecule has 0 aliphatic rings. The molecule has 5 nitrogen and oxygen atoms in total. The van der Waals surface area contributed by atoms with Crippen molar-refractivity contribution in [3.05, 3.63) is 51.9 Å². The van der Waals surface area contributed by atoms with E-state index in [2.05, 4.69) is 36.2 Å². The van der Waals surface area contributed by atoms with Gasteiger partial charge >= 0.3 is 0 Å². The summed E-state index contributed by atoms with van der Waals surface area (Å²) < 4.78 is 1.97. The average molecular weight is 359 g/mol. The minimum absolute atomic E-state index is 0.0744. The number of H-pyrrole nitrogens is 1. The second-order valence-electron chi connectivity index (χ2n) is 6.22. The lowest BCUT2D eigenvalue weighted by atomic mass is 10.0. The third-order valence-corrected chi connectivity index (χ3v) is 4.98.